The van der Waals surface area contributed by atoms with Crippen LogP contribution in [0.3, 0.4) is 0 Å². The molecule has 2 aliphatic rings. The molecule has 4 aromatic heterocycles. The number of nitrogens with zero attached hydrogens (tertiary/aromatic N) is 5. The standard InChI is InChI=1S/C16H22N4O2.C15H20N4O2/c1-3-22-16(21)13-10-20-12(8-14(13)17)9-15(18-20)11-4-6-19(2)7-5-11;1-2-21-15(20)12-9-19-11(7-13(12)16)8-14(18-19)10-3-5-17-6-4-10/h8-11H,3-7,17H2,1-2H3;7-10,17H,2-6,16H2,1H3. The lowest BCUT2D eigenvalue weighted by atomic mass is 9.94. The highest BCUT2D eigenvalue weighted by molar-refractivity contribution is 5.96. The van der Waals surface area contributed by atoms with E-state index in [0.717, 1.165) is 74.3 Å². The van der Waals surface area contributed by atoms with E-state index in [1.807, 2.05) is 0 Å². The monoisotopic (exact) mass is 590 g/mol. The number of aromatic nitrogens is 4. The first-order valence-corrected chi connectivity index (χ1v) is 15.1. The van der Waals surface area contributed by atoms with Gasteiger partial charge in [-0.3, -0.25) is 0 Å². The summed E-state index contributed by atoms with van der Waals surface area (Å²) in [4.78, 5) is 26.1. The van der Waals surface area contributed by atoms with Crippen LogP contribution in [0.2, 0.25) is 0 Å². The van der Waals surface area contributed by atoms with Crippen molar-refractivity contribution in [3.8, 4) is 0 Å². The molecule has 12 heteroatoms. The van der Waals surface area contributed by atoms with Crippen molar-refractivity contribution in [2.45, 2.75) is 51.4 Å². The third kappa shape index (κ3) is 6.91. The largest absolute Gasteiger partial charge is 0.462 e. The van der Waals surface area contributed by atoms with Crippen LogP contribution in [-0.2, 0) is 9.47 Å². The lowest BCUT2D eigenvalue weighted by Gasteiger charge is -2.27. The number of rotatable bonds is 6. The van der Waals surface area contributed by atoms with Gasteiger partial charge in [0.15, 0.2) is 0 Å². The van der Waals surface area contributed by atoms with Crippen molar-refractivity contribution in [1.82, 2.24) is 29.4 Å². The van der Waals surface area contributed by atoms with E-state index in [1.165, 1.54) is 0 Å². The lowest BCUT2D eigenvalue weighted by Crippen LogP contribution is -2.29. The van der Waals surface area contributed by atoms with E-state index in [4.69, 9.17) is 20.9 Å². The molecule has 4 aromatic rings. The molecule has 0 amide bonds. The molecule has 0 aliphatic carbocycles. The van der Waals surface area contributed by atoms with E-state index in [9.17, 15) is 9.59 Å². The molecule has 6 heterocycles. The van der Waals surface area contributed by atoms with E-state index in [1.54, 1.807) is 47.4 Å². The maximum Gasteiger partial charge on any atom is 0.341 e. The molecule has 0 aromatic carbocycles. The van der Waals surface area contributed by atoms with Gasteiger partial charge in [-0.25, -0.2) is 18.6 Å². The van der Waals surface area contributed by atoms with Gasteiger partial charge in [0.05, 0.1) is 35.6 Å². The van der Waals surface area contributed by atoms with Crippen LogP contribution < -0.4 is 16.8 Å². The molecule has 2 saturated heterocycles. The fourth-order valence-electron chi connectivity index (χ4n) is 5.73. The number of fused-ring (bicyclic) bond motifs is 2. The number of carbonyl (C=O) groups is 2. The highest BCUT2D eigenvalue weighted by atomic mass is 16.5. The van der Waals surface area contributed by atoms with Crippen LogP contribution >= 0.6 is 0 Å². The maximum absolute atomic E-state index is 11.9. The minimum absolute atomic E-state index is 0.329. The summed E-state index contributed by atoms with van der Waals surface area (Å²) in [6, 6.07) is 7.70. The number of ether oxygens (including phenoxy) is 2. The van der Waals surface area contributed by atoms with Crippen molar-refractivity contribution >= 4 is 34.3 Å². The van der Waals surface area contributed by atoms with Gasteiger partial charge in [0.1, 0.15) is 11.1 Å². The highest BCUT2D eigenvalue weighted by Gasteiger charge is 2.22. The maximum atomic E-state index is 11.9. The van der Waals surface area contributed by atoms with E-state index in [2.05, 4.69) is 39.6 Å². The van der Waals surface area contributed by atoms with Crippen LogP contribution in [0.1, 0.15) is 83.5 Å². The second-order valence-electron chi connectivity index (χ2n) is 11.2. The Morgan fingerprint density at radius 1 is 0.791 bits per heavy atom. The van der Waals surface area contributed by atoms with Crippen molar-refractivity contribution in [2.24, 2.45) is 0 Å². The van der Waals surface area contributed by atoms with Crippen LogP contribution in [-0.4, -0.2) is 82.5 Å². The minimum atomic E-state index is -0.407. The van der Waals surface area contributed by atoms with Crippen molar-refractivity contribution in [3.05, 3.63) is 59.2 Å². The second-order valence-corrected chi connectivity index (χ2v) is 11.2. The van der Waals surface area contributed by atoms with Gasteiger partial charge in [0, 0.05) is 35.6 Å². The van der Waals surface area contributed by atoms with Gasteiger partial charge in [-0.1, -0.05) is 0 Å². The molecule has 0 atom stereocenters. The number of anilines is 2. The van der Waals surface area contributed by atoms with E-state index in [-0.39, 0.29) is 0 Å². The van der Waals surface area contributed by atoms with Gasteiger partial charge in [0.2, 0.25) is 0 Å². The molecule has 2 fully saturated rings. The normalized spacial score (nSPS) is 16.6. The summed E-state index contributed by atoms with van der Waals surface area (Å²) < 4.78 is 13.5. The average molecular weight is 591 g/mol. The van der Waals surface area contributed by atoms with Crippen LogP contribution in [0.15, 0.2) is 36.7 Å². The molecule has 6 rings (SSSR count). The lowest BCUT2D eigenvalue weighted by molar-refractivity contribution is 0.0517. The average Bonchev–Trinajstić information content (AvgIpc) is 3.61. The Balaban J connectivity index is 0.000000171. The molecule has 43 heavy (non-hydrogen) atoms. The Morgan fingerprint density at radius 3 is 1.67 bits per heavy atom. The van der Waals surface area contributed by atoms with Crippen LogP contribution in [0.4, 0.5) is 11.4 Å². The number of hydrogen-bond acceptors (Lipinski definition) is 10. The number of hydrogen-bond donors (Lipinski definition) is 3. The summed E-state index contributed by atoms with van der Waals surface area (Å²) in [7, 11) is 2.15. The first-order chi connectivity index (χ1) is 20.8. The van der Waals surface area contributed by atoms with Gasteiger partial charge < -0.3 is 31.2 Å². The predicted molar refractivity (Wildman–Crippen MR) is 165 cm³/mol. The molecule has 5 N–H and O–H groups in total. The number of nitrogens with one attached hydrogen (secondary N) is 1. The predicted octanol–water partition coefficient (Wildman–Crippen LogP) is 3.46. The topological polar surface area (TPSA) is 155 Å². The van der Waals surface area contributed by atoms with Crippen LogP contribution in [0.5, 0.6) is 0 Å². The molecular formula is C31H42N8O4. The molecule has 230 valence electrons. The molecule has 0 radical (unpaired) electrons. The van der Waals surface area contributed by atoms with Gasteiger partial charge in [-0.05, 0) is 97.0 Å². The van der Waals surface area contributed by atoms with E-state index >= 15 is 0 Å². The Kier molecular flexibility index (Phi) is 9.46. The van der Waals surface area contributed by atoms with Crippen LogP contribution in [0.25, 0.3) is 11.0 Å². The zero-order valence-corrected chi connectivity index (χ0v) is 25.2. The number of carbonyl (C=O) groups excluding carboxylic acids is 2. The summed E-state index contributed by atoms with van der Waals surface area (Å²) in [6.07, 6.45) is 7.73. The summed E-state index contributed by atoms with van der Waals surface area (Å²) >= 11 is 0. The zero-order chi connectivity index (χ0) is 30.5. The number of piperidine rings is 2. The second kappa shape index (κ2) is 13.4. The third-order valence-electron chi connectivity index (χ3n) is 8.18. The number of likely N-dealkylation sites (tertiary alicyclic amines) is 1. The molecule has 0 unspecified atom stereocenters. The summed E-state index contributed by atoms with van der Waals surface area (Å²) in [5.74, 6) is 0.135. The van der Waals surface area contributed by atoms with Gasteiger partial charge in [-0.2, -0.15) is 10.2 Å². The van der Waals surface area contributed by atoms with Crippen molar-refractivity contribution in [1.29, 1.82) is 0 Å². The summed E-state index contributed by atoms with van der Waals surface area (Å²) in [6.45, 7) is 8.44. The van der Waals surface area contributed by atoms with E-state index in [0.29, 0.717) is 47.6 Å². The first kappa shape index (κ1) is 30.3. The van der Waals surface area contributed by atoms with Gasteiger partial charge >= 0.3 is 11.9 Å². The molecule has 0 bridgehead atoms. The molecule has 0 spiro atoms. The Morgan fingerprint density at radius 2 is 1.23 bits per heavy atom. The summed E-state index contributed by atoms with van der Waals surface area (Å²) in [5, 5.41) is 12.6. The SMILES string of the molecule is CCOC(=O)c1cn2nc(C3CCN(C)CC3)cc2cc1N.CCOC(=O)c1cn2nc(C3CCNCC3)cc2cc1N. The number of nitrogens with two attached hydrogens (primary N) is 2. The Labute approximate surface area is 251 Å². The smallest absolute Gasteiger partial charge is 0.341 e. The zero-order valence-electron chi connectivity index (χ0n) is 25.2. The fraction of sp³-hybridized carbons (Fsp3) is 0.484. The van der Waals surface area contributed by atoms with E-state index < -0.39 is 11.9 Å². The summed E-state index contributed by atoms with van der Waals surface area (Å²) in [5.41, 5.74) is 17.5. The quantitative estimate of drug-likeness (QED) is 0.284. The first-order valence-electron chi connectivity index (χ1n) is 15.1. The van der Waals surface area contributed by atoms with Crippen LogP contribution in [0, 0.1) is 0 Å². The fourth-order valence-corrected chi connectivity index (χ4v) is 5.73. The minimum Gasteiger partial charge on any atom is -0.462 e. The number of esters is 2. The number of nitrogen functional groups attached to an aromatic ring is 2. The molecule has 12 nitrogen and oxygen atoms in total. The molecular weight excluding hydrogens is 548 g/mol. The van der Waals surface area contributed by atoms with Crippen molar-refractivity contribution in [2.75, 3.05) is 57.9 Å². The van der Waals surface area contributed by atoms with Crippen molar-refractivity contribution in [3.63, 3.8) is 0 Å². The Hall–Kier alpha value is -4.16. The molecule has 2 aliphatic heterocycles. The Bertz CT molecular complexity index is 1580. The number of pyridine rings is 2. The van der Waals surface area contributed by atoms with Gasteiger partial charge in [0.25, 0.3) is 0 Å². The highest BCUT2D eigenvalue weighted by Crippen LogP contribution is 2.29. The van der Waals surface area contributed by atoms with Gasteiger partial charge in [-0.15, -0.1) is 0 Å². The molecule has 0 saturated carbocycles. The third-order valence-corrected chi connectivity index (χ3v) is 8.18. The van der Waals surface area contributed by atoms with Crippen molar-refractivity contribution < 1.29 is 19.1 Å².